The largest absolute Gasteiger partial charge is 0.301 e. The van der Waals surface area contributed by atoms with Gasteiger partial charge in [-0.05, 0) is 45.4 Å². The molecular weight excluding hydrogens is 408 g/mol. The average Bonchev–Trinajstić information content (AvgIpc) is 3.40. The fourth-order valence-electron chi connectivity index (χ4n) is 3.45. The van der Waals surface area contributed by atoms with Crippen molar-refractivity contribution in [2.75, 3.05) is 5.01 Å². The molecule has 2 N–H and O–H groups in total. The number of nitrogens with two attached hydrogens (primary N) is 1. The molecule has 3 aromatic rings. The second-order valence-electron chi connectivity index (χ2n) is 7.37. The van der Waals surface area contributed by atoms with Gasteiger partial charge in [-0.15, -0.1) is 0 Å². The van der Waals surface area contributed by atoms with Crippen molar-refractivity contribution in [3.8, 4) is 0 Å². The van der Waals surface area contributed by atoms with E-state index in [0.29, 0.717) is 11.4 Å². The van der Waals surface area contributed by atoms with Crippen molar-refractivity contribution in [2.45, 2.75) is 45.8 Å². The summed E-state index contributed by atoms with van der Waals surface area (Å²) in [7, 11) is 0. The Balaban J connectivity index is 1.56. The number of hydrazone groups is 1. The van der Waals surface area contributed by atoms with Gasteiger partial charge in [0.15, 0.2) is 11.3 Å². The van der Waals surface area contributed by atoms with Gasteiger partial charge >= 0.3 is 0 Å². The highest BCUT2D eigenvalue weighted by molar-refractivity contribution is 8.14. The molecule has 0 bridgehead atoms. The van der Waals surface area contributed by atoms with Crippen molar-refractivity contribution in [3.63, 3.8) is 0 Å². The molecule has 2 atom stereocenters. The molecule has 158 valence electrons. The van der Waals surface area contributed by atoms with E-state index in [9.17, 15) is 8.78 Å². The molecular formula is C20H23F2N7S. The van der Waals surface area contributed by atoms with Crippen molar-refractivity contribution in [3.05, 3.63) is 64.6 Å². The number of aromatic nitrogens is 4. The molecule has 0 aliphatic carbocycles. The Morgan fingerprint density at radius 3 is 2.63 bits per heavy atom. The Morgan fingerprint density at radius 1 is 1.17 bits per heavy atom. The Bertz CT molecular complexity index is 1120. The van der Waals surface area contributed by atoms with Gasteiger partial charge in [0.2, 0.25) is 0 Å². The lowest BCUT2D eigenvalue weighted by atomic mass is 10.1. The highest BCUT2D eigenvalue weighted by atomic mass is 32.2. The standard InChI is InChI=1S/C20H23F2N7S/c1-11-5-6-16(21)15(18(11)22)10-27-8-7-17(25-27)29-20(23)30-19(26-29)14(4)28-13(3)9-12(2)24-28/h5-9,14,20H,10,23H2,1-4H3. The van der Waals surface area contributed by atoms with E-state index in [4.69, 9.17) is 5.73 Å². The van der Waals surface area contributed by atoms with Crippen LogP contribution in [0.25, 0.3) is 0 Å². The van der Waals surface area contributed by atoms with E-state index < -0.39 is 17.1 Å². The number of nitrogens with zero attached hydrogens (tertiary/aromatic N) is 6. The van der Waals surface area contributed by atoms with Crippen LogP contribution in [0.3, 0.4) is 0 Å². The fourth-order valence-corrected chi connectivity index (χ4v) is 4.38. The van der Waals surface area contributed by atoms with Crippen molar-refractivity contribution < 1.29 is 8.78 Å². The number of benzene rings is 1. The highest BCUT2D eigenvalue weighted by Gasteiger charge is 2.31. The maximum absolute atomic E-state index is 14.3. The van der Waals surface area contributed by atoms with E-state index in [1.165, 1.54) is 28.6 Å². The zero-order valence-electron chi connectivity index (χ0n) is 17.2. The second kappa shape index (κ2) is 7.84. The molecule has 4 rings (SSSR count). The molecule has 0 saturated heterocycles. The normalized spacial score (nSPS) is 17.5. The predicted octanol–water partition coefficient (Wildman–Crippen LogP) is 3.70. The molecule has 2 unspecified atom stereocenters. The number of thioether (sulfide) groups is 1. The van der Waals surface area contributed by atoms with Crippen LogP contribution in [-0.4, -0.2) is 30.1 Å². The minimum atomic E-state index is -0.595. The van der Waals surface area contributed by atoms with Crippen LogP contribution in [0.2, 0.25) is 0 Å². The van der Waals surface area contributed by atoms with Crippen molar-refractivity contribution in [2.24, 2.45) is 10.8 Å². The topological polar surface area (TPSA) is 77.3 Å². The van der Waals surface area contributed by atoms with Gasteiger partial charge in [0.25, 0.3) is 0 Å². The molecule has 1 aliphatic rings. The van der Waals surface area contributed by atoms with Crippen LogP contribution in [0.4, 0.5) is 14.6 Å². The first-order chi connectivity index (χ1) is 14.2. The Morgan fingerprint density at radius 2 is 1.93 bits per heavy atom. The lowest BCUT2D eigenvalue weighted by molar-refractivity contribution is 0.528. The summed E-state index contributed by atoms with van der Waals surface area (Å²) in [6.07, 6.45) is 1.66. The van der Waals surface area contributed by atoms with Gasteiger partial charge in [-0.1, -0.05) is 17.8 Å². The van der Waals surface area contributed by atoms with Crippen LogP contribution in [0.5, 0.6) is 0 Å². The first-order valence-corrected chi connectivity index (χ1v) is 10.4. The third-order valence-corrected chi connectivity index (χ3v) is 6.12. The molecule has 0 saturated carbocycles. The van der Waals surface area contributed by atoms with Crippen LogP contribution in [0.1, 0.15) is 35.5 Å². The quantitative estimate of drug-likeness (QED) is 0.667. The van der Waals surface area contributed by atoms with E-state index in [1.807, 2.05) is 31.5 Å². The number of aryl methyl sites for hydroxylation is 3. The molecule has 1 aromatic carbocycles. The maximum Gasteiger partial charge on any atom is 0.173 e. The van der Waals surface area contributed by atoms with Gasteiger partial charge in [-0.25, -0.2) is 13.8 Å². The van der Waals surface area contributed by atoms with Crippen LogP contribution in [-0.2, 0) is 6.54 Å². The lowest BCUT2D eigenvalue weighted by Gasteiger charge is -2.15. The number of rotatable bonds is 5. The van der Waals surface area contributed by atoms with E-state index in [0.717, 1.165) is 16.4 Å². The molecule has 3 heterocycles. The molecule has 2 aromatic heterocycles. The zero-order chi connectivity index (χ0) is 21.6. The third-order valence-electron chi connectivity index (χ3n) is 5.02. The number of anilines is 1. The maximum atomic E-state index is 14.3. The van der Waals surface area contributed by atoms with Crippen LogP contribution in [0.15, 0.2) is 35.6 Å². The van der Waals surface area contributed by atoms with Crippen molar-refractivity contribution in [1.29, 1.82) is 0 Å². The van der Waals surface area contributed by atoms with Crippen LogP contribution >= 0.6 is 11.8 Å². The minimum absolute atomic E-state index is 0.0195. The molecule has 0 radical (unpaired) electrons. The lowest BCUT2D eigenvalue weighted by Crippen LogP contribution is -2.32. The summed E-state index contributed by atoms with van der Waals surface area (Å²) < 4.78 is 31.8. The van der Waals surface area contributed by atoms with Gasteiger partial charge in [-0.3, -0.25) is 9.36 Å². The van der Waals surface area contributed by atoms with E-state index in [1.54, 1.807) is 24.2 Å². The summed E-state index contributed by atoms with van der Waals surface area (Å²) in [5, 5.41) is 16.0. The van der Waals surface area contributed by atoms with Crippen LogP contribution in [0, 0.1) is 32.4 Å². The van der Waals surface area contributed by atoms with Gasteiger partial charge in [0, 0.05) is 23.5 Å². The number of hydrogen-bond acceptors (Lipinski definition) is 6. The third kappa shape index (κ3) is 3.72. The highest BCUT2D eigenvalue weighted by Crippen LogP contribution is 2.32. The summed E-state index contributed by atoms with van der Waals surface area (Å²) >= 11 is 1.43. The summed E-state index contributed by atoms with van der Waals surface area (Å²) in [5.74, 6) is -0.638. The average molecular weight is 432 g/mol. The number of halogens is 2. The minimum Gasteiger partial charge on any atom is -0.301 e. The predicted molar refractivity (Wildman–Crippen MR) is 114 cm³/mol. The monoisotopic (exact) mass is 431 g/mol. The summed E-state index contributed by atoms with van der Waals surface area (Å²) in [6, 6.07) is 6.36. The van der Waals surface area contributed by atoms with E-state index in [-0.39, 0.29) is 18.2 Å². The molecule has 10 heteroatoms. The van der Waals surface area contributed by atoms with E-state index in [2.05, 4.69) is 15.3 Å². The summed E-state index contributed by atoms with van der Waals surface area (Å²) in [6.45, 7) is 7.55. The van der Waals surface area contributed by atoms with Crippen molar-refractivity contribution in [1.82, 2.24) is 19.6 Å². The Hall–Kier alpha value is -2.72. The zero-order valence-corrected chi connectivity index (χ0v) is 18.0. The smallest absolute Gasteiger partial charge is 0.173 e. The van der Waals surface area contributed by atoms with Crippen LogP contribution < -0.4 is 10.7 Å². The Kier molecular flexibility index (Phi) is 5.37. The van der Waals surface area contributed by atoms with Gasteiger partial charge < -0.3 is 5.73 Å². The van der Waals surface area contributed by atoms with Gasteiger partial charge in [0.1, 0.15) is 16.7 Å². The molecule has 30 heavy (non-hydrogen) atoms. The molecule has 0 spiro atoms. The SMILES string of the molecule is Cc1cc(C)n(C(C)C2=NN(c3ccn(Cc4c(F)ccc(C)c4F)n3)C(N)S2)n1. The molecule has 1 aliphatic heterocycles. The molecule has 0 amide bonds. The van der Waals surface area contributed by atoms with Gasteiger partial charge in [0.05, 0.1) is 18.3 Å². The van der Waals surface area contributed by atoms with Crippen molar-refractivity contribution >= 4 is 22.6 Å². The van der Waals surface area contributed by atoms with Gasteiger partial charge in [-0.2, -0.15) is 15.3 Å². The fraction of sp³-hybridized carbons (Fsp3) is 0.350. The summed E-state index contributed by atoms with van der Waals surface area (Å²) in [5.41, 5.74) is 8.17. The van der Waals surface area contributed by atoms with E-state index >= 15 is 0 Å². The first-order valence-electron chi connectivity index (χ1n) is 9.54. The molecule has 0 fully saturated rings. The number of hydrogen-bond donors (Lipinski definition) is 1. The summed E-state index contributed by atoms with van der Waals surface area (Å²) in [4.78, 5) is 0. The first kappa shape index (κ1) is 20.5. The molecule has 7 nitrogen and oxygen atoms in total. The second-order valence-corrected chi connectivity index (χ2v) is 8.50. The Labute approximate surface area is 177 Å².